The lowest BCUT2D eigenvalue weighted by molar-refractivity contribution is -0.142. The summed E-state index contributed by atoms with van der Waals surface area (Å²) in [7, 11) is -3.61. The average molecular weight is 311 g/mol. The van der Waals surface area contributed by atoms with Crippen molar-refractivity contribution in [3.05, 3.63) is 29.8 Å². The van der Waals surface area contributed by atoms with E-state index in [-0.39, 0.29) is 23.9 Å². The zero-order valence-corrected chi connectivity index (χ0v) is 13.3. The molecule has 1 fully saturated rings. The predicted molar refractivity (Wildman–Crippen MR) is 79.6 cm³/mol. The van der Waals surface area contributed by atoms with Crippen molar-refractivity contribution in [1.29, 1.82) is 0 Å². The summed E-state index contributed by atoms with van der Waals surface area (Å²) in [5, 5.41) is 9.11. The first-order chi connectivity index (χ1) is 9.73. The Morgan fingerprint density at radius 1 is 1.24 bits per heavy atom. The maximum absolute atomic E-state index is 12.6. The van der Waals surface area contributed by atoms with Crippen molar-refractivity contribution in [2.45, 2.75) is 31.6 Å². The molecule has 1 aliphatic rings. The van der Waals surface area contributed by atoms with Crippen LogP contribution >= 0.6 is 0 Å². The van der Waals surface area contributed by atoms with Gasteiger partial charge in [-0.1, -0.05) is 32.9 Å². The van der Waals surface area contributed by atoms with Crippen LogP contribution in [-0.4, -0.2) is 36.9 Å². The average Bonchev–Trinajstić information content (AvgIpc) is 2.82. The Balaban J connectivity index is 2.25. The van der Waals surface area contributed by atoms with Gasteiger partial charge in [0.1, 0.15) is 0 Å². The number of nitrogens with zero attached hydrogens (tertiary/aromatic N) is 1. The molecule has 0 spiro atoms. The monoisotopic (exact) mass is 311 g/mol. The molecule has 0 amide bonds. The Labute approximate surface area is 125 Å². The molecular formula is C15H21NO4S. The van der Waals surface area contributed by atoms with Crippen LogP contribution in [0.3, 0.4) is 0 Å². The van der Waals surface area contributed by atoms with Crippen LogP contribution in [0.2, 0.25) is 0 Å². The highest BCUT2D eigenvalue weighted by Gasteiger charge is 2.40. The Kier molecular flexibility index (Phi) is 4.39. The molecule has 5 nitrogen and oxygen atoms in total. The van der Waals surface area contributed by atoms with Gasteiger partial charge in [-0.3, -0.25) is 4.79 Å². The van der Waals surface area contributed by atoms with Crippen LogP contribution in [0.25, 0.3) is 0 Å². The molecule has 116 valence electrons. The van der Waals surface area contributed by atoms with Gasteiger partial charge in [-0.15, -0.1) is 0 Å². The zero-order valence-electron chi connectivity index (χ0n) is 12.5. The smallest absolute Gasteiger partial charge is 0.308 e. The minimum Gasteiger partial charge on any atom is -0.481 e. The Bertz CT molecular complexity index is 622. The van der Waals surface area contributed by atoms with Gasteiger partial charge in [0.15, 0.2) is 0 Å². The lowest BCUT2D eigenvalue weighted by Gasteiger charge is -2.16. The van der Waals surface area contributed by atoms with Crippen molar-refractivity contribution >= 4 is 16.0 Å². The molecule has 1 aliphatic heterocycles. The van der Waals surface area contributed by atoms with Gasteiger partial charge < -0.3 is 5.11 Å². The van der Waals surface area contributed by atoms with Crippen molar-refractivity contribution < 1.29 is 18.3 Å². The summed E-state index contributed by atoms with van der Waals surface area (Å²) in [6.45, 7) is 6.17. The molecule has 6 heteroatoms. The molecule has 2 unspecified atom stereocenters. The van der Waals surface area contributed by atoms with Crippen molar-refractivity contribution in [2.24, 2.45) is 11.8 Å². The molecule has 0 saturated carbocycles. The molecule has 1 N–H and O–H groups in total. The highest BCUT2D eigenvalue weighted by atomic mass is 32.2. The van der Waals surface area contributed by atoms with E-state index in [0.717, 1.165) is 5.56 Å². The second-order valence-electron chi connectivity index (χ2n) is 5.97. The number of benzene rings is 1. The van der Waals surface area contributed by atoms with Crippen LogP contribution in [-0.2, 0) is 14.8 Å². The number of hydrogen-bond donors (Lipinski definition) is 1. The molecule has 21 heavy (non-hydrogen) atoms. The lowest BCUT2D eigenvalue weighted by atomic mass is 9.99. The molecule has 0 bridgehead atoms. The summed E-state index contributed by atoms with van der Waals surface area (Å²) in [6.07, 6.45) is 0. The number of carboxylic acids is 1. The second-order valence-corrected chi connectivity index (χ2v) is 7.91. The number of sulfonamides is 1. The third-order valence-corrected chi connectivity index (χ3v) is 5.93. The number of carboxylic acid groups (broad SMARTS) is 1. The number of hydrogen-bond acceptors (Lipinski definition) is 3. The van der Waals surface area contributed by atoms with Gasteiger partial charge in [0.25, 0.3) is 0 Å². The fraction of sp³-hybridized carbons (Fsp3) is 0.533. The quantitative estimate of drug-likeness (QED) is 0.924. The van der Waals surface area contributed by atoms with E-state index in [1.165, 1.54) is 4.31 Å². The molecular weight excluding hydrogens is 290 g/mol. The highest BCUT2D eigenvalue weighted by molar-refractivity contribution is 7.89. The van der Waals surface area contributed by atoms with Gasteiger partial charge in [-0.2, -0.15) is 4.31 Å². The fourth-order valence-electron chi connectivity index (χ4n) is 2.61. The van der Waals surface area contributed by atoms with E-state index < -0.39 is 21.9 Å². The summed E-state index contributed by atoms with van der Waals surface area (Å²) >= 11 is 0. The molecule has 1 aromatic rings. The molecule has 1 aromatic carbocycles. The van der Waals surface area contributed by atoms with Crippen LogP contribution in [0.1, 0.15) is 32.3 Å². The minimum absolute atomic E-state index is 0.0464. The van der Waals surface area contributed by atoms with Crippen LogP contribution in [0.5, 0.6) is 0 Å². The second kappa shape index (κ2) is 5.77. The van der Waals surface area contributed by atoms with E-state index >= 15 is 0 Å². The number of rotatable bonds is 4. The van der Waals surface area contributed by atoms with Gasteiger partial charge in [0.05, 0.1) is 10.8 Å². The van der Waals surface area contributed by atoms with Crippen LogP contribution in [0.4, 0.5) is 0 Å². The van der Waals surface area contributed by atoms with Gasteiger partial charge >= 0.3 is 5.97 Å². The molecule has 1 saturated heterocycles. The van der Waals surface area contributed by atoms with E-state index in [2.05, 4.69) is 0 Å². The predicted octanol–water partition coefficient (Wildman–Crippen LogP) is 2.15. The van der Waals surface area contributed by atoms with E-state index in [1.54, 1.807) is 19.1 Å². The van der Waals surface area contributed by atoms with E-state index in [0.29, 0.717) is 5.92 Å². The third kappa shape index (κ3) is 3.11. The van der Waals surface area contributed by atoms with Gasteiger partial charge in [0.2, 0.25) is 10.0 Å². The summed E-state index contributed by atoms with van der Waals surface area (Å²) in [5.74, 6) is -1.40. The SMILES string of the molecule is CC(C)c1ccc(S(=O)(=O)N2CC(C)C(C(=O)O)C2)cc1. The Morgan fingerprint density at radius 3 is 2.24 bits per heavy atom. The normalized spacial score (nSPS) is 23.6. The Hall–Kier alpha value is -1.40. The molecule has 1 heterocycles. The summed E-state index contributed by atoms with van der Waals surface area (Å²) in [5.41, 5.74) is 1.08. The lowest BCUT2D eigenvalue weighted by Crippen LogP contribution is -2.30. The van der Waals surface area contributed by atoms with Crippen molar-refractivity contribution in [3.63, 3.8) is 0 Å². The van der Waals surface area contributed by atoms with Crippen molar-refractivity contribution in [3.8, 4) is 0 Å². The van der Waals surface area contributed by atoms with Gasteiger partial charge in [-0.25, -0.2) is 8.42 Å². The highest BCUT2D eigenvalue weighted by Crippen LogP contribution is 2.29. The zero-order chi connectivity index (χ0) is 15.8. The van der Waals surface area contributed by atoms with Crippen LogP contribution in [0, 0.1) is 11.8 Å². The Morgan fingerprint density at radius 2 is 1.81 bits per heavy atom. The summed E-state index contributed by atoms with van der Waals surface area (Å²) in [6, 6.07) is 6.82. The maximum atomic E-state index is 12.6. The van der Waals surface area contributed by atoms with E-state index in [4.69, 9.17) is 5.11 Å². The minimum atomic E-state index is -3.61. The summed E-state index contributed by atoms with van der Waals surface area (Å²) in [4.78, 5) is 11.3. The molecule has 0 aliphatic carbocycles. The van der Waals surface area contributed by atoms with Crippen LogP contribution < -0.4 is 0 Å². The molecule has 0 radical (unpaired) electrons. The first-order valence-electron chi connectivity index (χ1n) is 7.06. The fourth-order valence-corrected chi connectivity index (χ4v) is 4.18. The van der Waals surface area contributed by atoms with E-state index in [1.807, 2.05) is 26.0 Å². The van der Waals surface area contributed by atoms with Crippen LogP contribution in [0.15, 0.2) is 29.2 Å². The topological polar surface area (TPSA) is 74.7 Å². The first-order valence-corrected chi connectivity index (χ1v) is 8.50. The largest absolute Gasteiger partial charge is 0.481 e. The van der Waals surface area contributed by atoms with Gasteiger partial charge in [-0.05, 0) is 29.5 Å². The van der Waals surface area contributed by atoms with Gasteiger partial charge in [0, 0.05) is 13.1 Å². The maximum Gasteiger partial charge on any atom is 0.308 e. The standard InChI is InChI=1S/C15H21NO4S/c1-10(2)12-4-6-13(7-5-12)21(19,20)16-8-11(3)14(9-16)15(17)18/h4-7,10-11,14H,8-9H2,1-3H3,(H,17,18). The molecule has 2 rings (SSSR count). The summed E-state index contributed by atoms with van der Waals surface area (Å²) < 4.78 is 26.4. The molecule has 2 atom stereocenters. The van der Waals surface area contributed by atoms with E-state index in [9.17, 15) is 13.2 Å². The van der Waals surface area contributed by atoms with Crippen molar-refractivity contribution in [2.75, 3.05) is 13.1 Å². The first kappa shape index (κ1) is 16.0. The number of carbonyl (C=O) groups is 1. The number of aliphatic carboxylic acids is 1. The van der Waals surface area contributed by atoms with Crippen molar-refractivity contribution in [1.82, 2.24) is 4.31 Å². The molecule has 0 aromatic heterocycles. The third-order valence-electron chi connectivity index (χ3n) is 4.08.